The smallest absolute Gasteiger partial charge is 0.266 e. The molecule has 1 heterocycles. The highest BCUT2D eigenvalue weighted by molar-refractivity contribution is 6.09. The van der Waals surface area contributed by atoms with E-state index < -0.39 is 5.91 Å². The maximum absolute atomic E-state index is 12.7. The van der Waals surface area contributed by atoms with Gasteiger partial charge in [0.1, 0.15) is 11.6 Å². The van der Waals surface area contributed by atoms with Gasteiger partial charge in [-0.25, -0.2) is 0 Å². The quantitative estimate of drug-likeness (QED) is 0.353. The van der Waals surface area contributed by atoms with Crippen LogP contribution in [0, 0.1) is 25.2 Å². The number of carbonyl (C=O) groups excluding carboxylic acids is 1. The van der Waals surface area contributed by atoms with Crippen LogP contribution >= 0.6 is 0 Å². The van der Waals surface area contributed by atoms with Gasteiger partial charge in [-0.3, -0.25) is 4.79 Å². The van der Waals surface area contributed by atoms with Gasteiger partial charge >= 0.3 is 0 Å². The highest BCUT2D eigenvalue weighted by Crippen LogP contribution is 2.22. The van der Waals surface area contributed by atoms with E-state index >= 15 is 0 Å². The Bertz CT molecular complexity index is 1300. The van der Waals surface area contributed by atoms with Crippen LogP contribution in [0.15, 0.2) is 84.6 Å². The molecule has 0 saturated carbocycles. The topological polar surface area (TPSA) is 57.8 Å². The van der Waals surface area contributed by atoms with E-state index in [1.54, 1.807) is 6.08 Å². The van der Waals surface area contributed by atoms with E-state index in [1.165, 1.54) is 0 Å². The summed E-state index contributed by atoms with van der Waals surface area (Å²) >= 11 is 0. The Balaban J connectivity index is 1.65. The zero-order chi connectivity index (χ0) is 21.1. The number of anilines is 1. The highest BCUT2D eigenvalue weighted by atomic mass is 16.1. The predicted octanol–water partition coefficient (Wildman–Crippen LogP) is 5.79. The third-order valence-corrected chi connectivity index (χ3v) is 4.93. The molecule has 0 spiro atoms. The number of fused-ring (bicyclic) bond motifs is 1. The molecule has 146 valence electrons. The lowest BCUT2D eigenvalue weighted by Gasteiger charge is -2.10. The number of nitrogens with zero attached hydrogens (tertiary/aromatic N) is 2. The minimum Gasteiger partial charge on any atom is -0.321 e. The summed E-state index contributed by atoms with van der Waals surface area (Å²) < 4.78 is 1.97. The van der Waals surface area contributed by atoms with Gasteiger partial charge in [-0.2, -0.15) is 5.26 Å². The Hall–Kier alpha value is -4.10. The number of rotatable bonds is 4. The van der Waals surface area contributed by atoms with Crippen molar-refractivity contribution in [3.05, 3.63) is 101 Å². The number of carbonyl (C=O) groups is 1. The fourth-order valence-corrected chi connectivity index (χ4v) is 3.62. The zero-order valence-electron chi connectivity index (χ0n) is 16.9. The largest absolute Gasteiger partial charge is 0.321 e. The average molecular weight is 391 g/mol. The van der Waals surface area contributed by atoms with Crippen molar-refractivity contribution in [2.75, 3.05) is 5.32 Å². The van der Waals surface area contributed by atoms with Crippen molar-refractivity contribution in [3.63, 3.8) is 0 Å². The van der Waals surface area contributed by atoms with Crippen LogP contribution < -0.4 is 5.32 Å². The van der Waals surface area contributed by atoms with Crippen LogP contribution in [-0.2, 0) is 4.79 Å². The van der Waals surface area contributed by atoms with E-state index in [0.717, 1.165) is 33.3 Å². The first kappa shape index (κ1) is 19.2. The van der Waals surface area contributed by atoms with E-state index in [0.29, 0.717) is 5.69 Å². The predicted molar refractivity (Wildman–Crippen MR) is 121 cm³/mol. The van der Waals surface area contributed by atoms with Gasteiger partial charge in [-0.15, -0.1) is 0 Å². The summed E-state index contributed by atoms with van der Waals surface area (Å²) in [6.07, 6.45) is 3.54. The molecule has 0 radical (unpaired) electrons. The molecule has 1 N–H and O–H groups in total. The summed E-state index contributed by atoms with van der Waals surface area (Å²) in [4.78, 5) is 12.7. The Morgan fingerprint density at radius 2 is 1.67 bits per heavy atom. The van der Waals surface area contributed by atoms with Gasteiger partial charge in [0, 0.05) is 23.3 Å². The van der Waals surface area contributed by atoms with Crippen LogP contribution in [0.4, 0.5) is 5.69 Å². The van der Waals surface area contributed by atoms with Crippen LogP contribution in [0.5, 0.6) is 0 Å². The third kappa shape index (κ3) is 4.01. The Kier molecular flexibility index (Phi) is 5.19. The first-order valence-corrected chi connectivity index (χ1v) is 9.71. The van der Waals surface area contributed by atoms with Crippen LogP contribution in [-0.4, -0.2) is 10.5 Å². The standard InChI is InChI=1S/C26H21N3O/c1-18-12-19(2)14-23(13-18)28-26(30)22(17-27)16-24-8-5-11-29(24)25-10-9-20-6-3-4-7-21(20)15-25/h3-16H,1-2H3,(H,28,30)/b22-16-. The van der Waals surface area contributed by atoms with E-state index in [-0.39, 0.29) is 5.57 Å². The number of hydrogen-bond acceptors (Lipinski definition) is 2. The number of hydrogen-bond donors (Lipinski definition) is 1. The normalized spacial score (nSPS) is 11.3. The highest BCUT2D eigenvalue weighted by Gasteiger charge is 2.12. The van der Waals surface area contributed by atoms with Gasteiger partial charge in [0.05, 0.1) is 0 Å². The second-order valence-electron chi connectivity index (χ2n) is 7.33. The summed E-state index contributed by atoms with van der Waals surface area (Å²) in [6, 6.07) is 26.0. The van der Waals surface area contributed by atoms with Gasteiger partial charge in [0.15, 0.2) is 0 Å². The maximum Gasteiger partial charge on any atom is 0.266 e. The summed E-state index contributed by atoms with van der Waals surface area (Å²) in [5.41, 5.74) is 4.57. The number of nitriles is 1. The fraction of sp³-hybridized carbons (Fsp3) is 0.0769. The second kappa shape index (κ2) is 8.10. The van der Waals surface area contributed by atoms with Crippen molar-refractivity contribution in [1.29, 1.82) is 5.26 Å². The molecule has 4 nitrogen and oxygen atoms in total. The van der Waals surface area contributed by atoms with E-state index in [4.69, 9.17) is 0 Å². The number of amides is 1. The summed E-state index contributed by atoms with van der Waals surface area (Å²) in [5.74, 6) is -0.422. The van der Waals surface area contributed by atoms with Gasteiger partial charge < -0.3 is 9.88 Å². The molecule has 1 aromatic heterocycles. The molecule has 4 heteroatoms. The van der Waals surface area contributed by atoms with Gasteiger partial charge in [-0.05, 0) is 78.2 Å². The molecule has 0 aliphatic carbocycles. The van der Waals surface area contributed by atoms with Crippen molar-refractivity contribution in [2.24, 2.45) is 0 Å². The number of benzene rings is 3. The van der Waals surface area contributed by atoms with Crippen LogP contribution in [0.2, 0.25) is 0 Å². The molecule has 0 bridgehead atoms. The molecule has 0 aliphatic rings. The summed E-state index contributed by atoms with van der Waals surface area (Å²) in [6.45, 7) is 3.94. The Labute approximate surface area is 175 Å². The van der Waals surface area contributed by atoms with Crippen LogP contribution in [0.1, 0.15) is 16.8 Å². The number of aromatic nitrogens is 1. The third-order valence-electron chi connectivity index (χ3n) is 4.93. The molecule has 3 aromatic carbocycles. The average Bonchev–Trinajstić information content (AvgIpc) is 3.19. The SMILES string of the molecule is Cc1cc(C)cc(NC(=O)/C(C#N)=C\c2cccn2-c2ccc3ccccc3c2)c1. The van der Waals surface area contributed by atoms with Gasteiger partial charge in [0.2, 0.25) is 0 Å². The molecule has 4 aromatic rings. The Morgan fingerprint density at radius 1 is 0.933 bits per heavy atom. The van der Waals surface area contributed by atoms with E-state index in [1.807, 2.05) is 79.2 Å². The second-order valence-corrected chi connectivity index (χ2v) is 7.33. The molecule has 0 fully saturated rings. The molecule has 0 unspecified atom stereocenters. The first-order valence-electron chi connectivity index (χ1n) is 9.71. The van der Waals surface area contributed by atoms with Crippen molar-refractivity contribution >= 4 is 28.4 Å². The molecule has 1 amide bonds. The molecule has 0 atom stereocenters. The lowest BCUT2D eigenvalue weighted by molar-refractivity contribution is -0.112. The molecule has 0 aliphatic heterocycles. The number of nitrogens with one attached hydrogen (secondary N) is 1. The minimum atomic E-state index is -0.422. The minimum absolute atomic E-state index is 0.0508. The van der Waals surface area contributed by atoms with Crippen LogP contribution in [0.25, 0.3) is 22.5 Å². The van der Waals surface area contributed by atoms with Crippen molar-refractivity contribution in [1.82, 2.24) is 4.57 Å². The van der Waals surface area contributed by atoms with E-state index in [2.05, 4.69) is 29.6 Å². The monoisotopic (exact) mass is 391 g/mol. The lowest BCUT2D eigenvalue weighted by atomic mass is 10.1. The fourth-order valence-electron chi connectivity index (χ4n) is 3.62. The van der Waals surface area contributed by atoms with Crippen molar-refractivity contribution < 1.29 is 4.79 Å². The van der Waals surface area contributed by atoms with Gasteiger partial charge in [0.25, 0.3) is 5.91 Å². The summed E-state index contributed by atoms with van der Waals surface area (Å²) in [7, 11) is 0. The van der Waals surface area contributed by atoms with Crippen molar-refractivity contribution in [2.45, 2.75) is 13.8 Å². The molecule has 0 saturated heterocycles. The lowest BCUT2D eigenvalue weighted by Crippen LogP contribution is -2.14. The molecular weight excluding hydrogens is 370 g/mol. The van der Waals surface area contributed by atoms with Gasteiger partial charge in [-0.1, -0.05) is 36.4 Å². The first-order chi connectivity index (χ1) is 14.5. The maximum atomic E-state index is 12.7. The zero-order valence-corrected chi connectivity index (χ0v) is 16.9. The molecule has 4 rings (SSSR count). The molecular formula is C26H21N3O. The van der Waals surface area contributed by atoms with Crippen LogP contribution in [0.3, 0.4) is 0 Å². The number of aryl methyl sites for hydroxylation is 2. The van der Waals surface area contributed by atoms with Crippen molar-refractivity contribution in [3.8, 4) is 11.8 Å². The summed E-state index contributed by atoms with van der Waals surface area (Å²) in [5, 5.41) is 14.7. The molecule has 30 heavy (non-hydrogen) atoms. The van der Waals surface area contributed by atoms with E-state index in [9.17, 15) is 10.1 Å². The Morgan fingerprint density at radius 3 is 2.40 bits per heavy atom.